The normalized spacial score (nSPS) is 20.8. The second-order valence-electron chi connectivity index (χ2n) is 7.43. The van der Waals surface area contributed by atoms with Gasteiger partial charge >= 0.3 is 5.97 Å². The summed E-state index contributed by atoms with van der Waals surface area (Å²) < 4.78 is 5.95. The van der Waals surface area contributed by atoms with Crippen LogP contribution < -0.4 is 0 Å². The molecule has 29 heavy (non-hydrogen) atoms. The lowest BCUT2D eigenvalue weighted by Crippen LogP contribution is -2.58. The van der Waals surface area contributed by atoms with Crippen LogP contribution in [-0.2, 0) is 9.53 Å². The van der Waals surface area contributed by atoms with Crippen molar-refractivity contribution in [2.45, 2.75) is 31.5 Å². The minimum Gasteiger partial charge on any atom is -0.480 e. The molecule has 2 aliphatic rings. The first-order chi connectivity index (χ1) is 13.9. The van der Waals surface area contributed by atoms with Crippen LogP contribution in [0.3, 0.4) is 0 Å². The third-order valence-corrected chi connectivity index (χ3v) is 6.45. The molecular formula is C21H22N2O5S. The van der Waals surface area contributed by atoms with Crippen LogP contribution in [0.1, 0.15) is 38.4 Å². The number of carboxylic acids is 1. The van der Waals surface area contributed by atoms with Gasteiger partial charge in [0.15, 0.2) is 6.04 Å². The summed E-state index contributed by atoms with van der Waals surface area (Å²) in [6, 6.07) is 9.70. The molecule has 1 spiro atoms. The number of hydrogen-bond donors (Lipinski definition) is 1. The van der Waals surface area contributed by atoms with E-state index in [0.29, 0.717) is 36.4 Å². The van der Waals surface area contributed by atoms with E-state index in [4.69, 9.17) is 4.74 Å². The maximum Gasteiger partial charge on any atom is 0.328 e. The number of carboxylic acid groups (broad SMARTS) is 1. The Balaban J connectivity index is 1.58. The number of nitrogens with zero attached hydrogens (tertiary/aromatic N) is 2. The molecule has 152 valence electrons. The fourth-order valence-corrected chi connectivity index (χ4v) is 4.78. The average molecular weight is 414 g/mol. The Morgan fingerprint density at radius 1 is 1.14 bits per heavy atom. The largest absolute Gasteiger partial charge is 0.480 e. The predicted molar refractivity (Wildman–Crippen MR) is 107 cm³/mol. The van der Waals surface area contributed by atoms with E-state index in [2.05, 4.69) is 0 Å². The van der Waals surface area contributed by atoms with Gasteiger partial charge in [0.25, 0.3) is 11.8 Å². The molecule has 2 saturated heterocycles. The summed E-state index contributed by atoms with van der Waals surface area (Å²) in [4.78, 5) is 41.6. The molecule has 3 heterocycles. The number of ether oxygens (including phenoxy) is 1. The Hall–Kier alpha value is -2.71. The maximum atomic E-state index is 13.3. The number of aryl methyl sites for hydroxylation is 1. The molecule has 2 aliphatic heterocycles. The van der Waals surface area contributed by atoms with Crippen LogP contribution in [0.25, 0.3) is 0 Å². The summed E-state index contributed by atoms with van der Waals surface area (Å²) in [5.41, 5.74) is 0.363. The lowest BCUT2D eigenvalue weighted by atomic mass is 9.96. The molecule has 0 unspecified atom stereocenters. The predicted octanol–water partition coefficient (Wildman–Crippen LogP) is 2.61. The zero-order valence-electron chi connectivity index (χ0n) is 16.0. The molecule has 7 nitrogen and oxygen atoms in total. The molecule has 0 radical (unpaired) electrons. The molecular weight excluding hydrogens is 392 g/mol. The van der Waals surface area contributed by atoms with Crippen LogP contribution in [0, 0.1) is 6.92 Å². The van der Waals surface area contributed by atoms with Gasteiger partial charge in [-0.05, 0) is 30.5 Å². The highest BCUT2D eigenvalue weighted by Crippen LogP contribution is 2.39. The van der Waals surface area contributed by atoms with Crippen LogP contribution in [0.4, 0.5) is 0 Å². The Morgan fingerprint density at radius 3 is 2.52 bits per heavy atom. The molecule has 0 bridgehead atoms. The van der Waals surface area contributed by atoms with Gasteiger partial charge < -0.3 is 14.7 Å². The zero-order chi connectivity index (χ0) is 20.6. The van der Waals surface area contributed by atoms with Crippen molar-refractivity contribution in [2.24, 2.45) is 0 Å². The topological polar surface area (TPSA) is 87.2 Å². The van der Waals surface area contributed by atoms with Crippen molar-refractivity contribution in [3.05, 3.63) is 57.8 Å². The summed E-state index contributed by atoms with van der Waals surface area (Å²) in [6.07, 6.45) is 0.761. The first-order valence-corrected chi connectivity index (χ1v) is 10.4. The van der Waals surface area contributed by atoms with Gasteiger partial charge in [0.2, 0.25) is 0 Å². The second kappa shape index (κ2) is 7.61. The number of carbonyl (C=O) groups excluding carboxylic acids is 2. The van der Waals surface area contributed by atoms with E-state index in [-0.39, 0.29) is 18.4 Å². The van der Waals surface area contributed by atoms with Crippen molar-refractivity contribution in [3.8, 4) is 0 Å². The van der Waals surface area contributed by atoms with Crippen molar-refractivity contribution >= 4 is 29.1 Å². The number of likely N-dealkylation sites (tertiary alicyclic amines) is 1. The summed E-state index contributed by atoms with van der Waals surface area (Å²) >= 11 is 1.39. The number of thiophene rings is 1. The van der Waals surface area contributed by atoms with Crippen molar-refractivity contribution in [1.29, 1.82) is 0 Å². The Morgan fingerprint density at radius 2 is 1.90 bits per heavy atom. The van der Waals surface area contributed by atoms with E-state index in [1.165, 1.54) is 16.2 Å². The molecule has 1 aromatic carbocycles. The van der Waals surface area contributed by atoms with Gasteiger partial charge in [0, 0.05) is 31.5 Å². The molecule has 4 rings (SSSR count). The van der Waals surface area contributed by atoms with Crippen LogP contribution in [0.15, 0.2) is 41.8 Å². The van der Waals surface area contributed by atoms with Gasteiger partial charge in [-0.2, -0.15) is 0 Å². The highest BCUT2D eigenvalue weighted by molar-refractivity contribution is 7.12. The van der Waals surface area contributed by atoms with E-state index >= 15 is 0 Å². The van der Waals surface area contributed by atoms with Gasteiger partial charge in [-0.1, -0.05) is 23.8 Å². The first-order valence-electron chi connectivity index (χ1n) is 9.51. The lowest BCUT2D eigenvalue weighted by Gasteiger charge is -2.44. The highest BCUT2D eigenvalue weighted by atomic mass is 32.1. The molecule has 2 aromatic rings. The third kappa shape index (κ3) is 3.54. The van der Waals surface area contributed by atoms with Crippen LogP contribution in [-0.4, -0.2) is 64.2 Å². The Bertz CT molecular complexity index is 934. The zero-order valence-corrected chi connectivity index (χ0v) is 16.9. The second-order valence-corrected chi connectivity index (χ2v) is 8.37. The molecule has 1 atom stereocenters. The quantitative estimate of drug-likeness (QED) is 0.834. The highest BCUT2D eigenvalue weighted by Gasteiger charge is 2.54. The first kappa shape index (κ1) is 19.6. The van der Waals surface area contributed by atoms with E-state index in [1.807, 2.05) is 24.4 Å². The fourth-order valence-electron chi connectivity index (χ4n) is 4.09. The summed E-state index contributed by atoms with van der Waals surface area (Å²) in [5.74, 6) is -1.48. The number of piperidine rings is 1. The summed E-state index contributed by atoms with van der Waals surface area (Å²) in [5, 5.41) is 11.5. The van der Waals surface area contributed by atoms with Crippen molar-refractivity contribution in [3.63, 3.8) is 0 Å². The lowest BCUT2D eigenvalue weighted by molar-refractivity contribution is -0.143. The smallest absolute Gasteiger partial charge is 0.328 e. The molecule has 1 aromatic heterocycles. The molecule has 0 saturated carbocycles. The van der Waals surface area contributed by atoms with E-state index in [1.54, 1.807) is 29.2 Å². The van der Waals surface area contributed by atoms with Crippen LogP contribution in [0.5, 0.6) is 0 Å². The van der Waals surface area contributed by atoms with E-state index in [9.17, 15) is 19.5 Å². The molecule has 2 fully saturated rings. The average Bonchev–Trinajstić information content (AvgIpc) is 3.36. The molecule has 8 heteroatoms. The minimum absolute atomic E-state index is 0.0424. The van der Waals surface area contributed by atoms with Crippen LogP contribution in [0.2, 0.25) is 0 Å². The summed E-state index contributed by atoms with van der Waals surface area (Å²) in [7, 11) is 0. The monoisotopic (exact) mass is 414 g/mol. The van der Waals surface area contributed by atoms with Gasteiger partial charge in [0.1, 0.15) is 5.72 Å². The SMILES string of the molecule is Cc1cccc(C(=O)N2[C@H](C(=O)O)COC23CCN(C(=O)c2cccs2)CC3)c1. The van der Waals surface area contributed by atoms with Crippen LogP contribution >= 0.6 is 11.3 Å². The Kier molecular flexibility index (Phi) is 5.14. The molecule has 2 amide bonds. The number of carbonyl (C=O) groups is 3. The van der Waals surface area contributed by atoms with Crippen molar-refractivity contribution in [2.75, 3.05) is 19.7 Å². The Labute approximate surface area is 172 Å². The number of amides is 2. The van der Waals surface area contributed by atoms with E-state index < -0.39 is 17.7 Å². The van der Waals surface area contributed by atoms with E-state index in [0.717, 1.165) is 5.56 Å². The van der Waals surface area contributed by atoms with Gasteiger partial charge in [-0.15, -0.1) is 11.3 Å². The fraction of sp³-hybridized carbons (Fsp3) is 0.381. The van der Waals surface area contributed by atoms with Gasteiger partial charge in [-0.3, -0.25) is 14.5 Å². The third-order valence-electron chi connectivity index (χ3n) is 5.59. The molecule has 0 aliphatic carbocycles. The standard InChI is InChI=1S/C21H22N2O5S/c1-14-4-2-5-15(12-14)18(24)23-16(20(26)27)13-28-21(23)7-9-22(10-8-21)19(25)17-6-3-11-29-17/h2-6,11-12,16H,7-10,13H2,1H3,(H,26,27)/t16-/m0/s1. The number of rotatable bonds is 3. The number of benzene rings is 1. The van der Waals surface area contributed by atoms with Gasteiger partial charge in [-0.25, -0.2) is 4.79 Å². The minimum atomic E-state index is -1.08. The number of hydrogen-bond acceptors (Lipinski definition) is 5. The maximum absolute atomic E-state index is 13.3. The summed E-state index contributed by atoms with van der Waals surface area (Å²) in [6.45, 7) is 2.64. The van der Waals surface area contributed by atoms with Gasteiger partial charge in [0.05, 0.1) is 11.5 Å². The number of aliphatic carboxylic acids is 1. The molecule has 1 N–H and O–H groups in total. The van der Waals surface area contributed by atoms with Crippen molar-refractivity contribution < 1.29 is 24.2 Å². The van der Waals surface area contributed by atoms with Crippen molar-refractivity contribution in [1.82, 2.24) is 9.80 Å².